The number of H-pyrrole nitrogens is 1. The van der Waals surface area contributed by atoms with Crippen molar-refractivity contribution in [2.45, 2.75) is 51.6 Å². The van der Waals surface area contributed by atoms with Gasteiger partial charge in [-0.1, -0.05) is 13.3 Å². The van der Waals surface area contributed by atoms with Crippen LogP contribution < -0.4 is 5.32 Å². The average Bonchev–Trinajstić information content (AvgIpc) is 3.04. The Bertz CT molecular complexity index is 686. The zero-order valence-corrected chi connectivity index (χ0v) is 14.7. The first-order valence-corrected chi connectivity index (χ1v) is 9.10. The van der Waals surface area contributed by atoms with E-state index in [9.17, 15) is 8.78 Å². The van der Waals surface area contributed by atoms with Crippen LogP contribution in [-0.2, 0) is 13.0 Å². The Kier molecular flexibility index (Phi) is 6.02. The maximum absolute atomic E-state index is 13.4. The summed E-state index contributed by atoms with van der Waals surface area (Å²) in [7, 11) is 0. The number of aryl methyl sites for hydroxylation is 1. The average molecular weight is 348 g/mol. The number of imidazole rings is 1. The lowest BCUT2D eigenvalue weighted by molar-refractivity contribution is 0.206. The van der Waals surface area contributed by atoms with E-state index >= 15 is 0 Å². The van der Waals surface area contributed by atoms with Crippen molar-refractivity contribution in [3.8, 4) is 0 Å². The van der Waals surface area contributed by atoms with Crippen LogP contribution in [0.2, 0.25) is 0 Å². The molecule has 1 aromatic carbocycles. The number of nitrogens with one attached hydrogen (secondary N) is 2. The molecule has 1 fully saturated rings. The number of anilines is 1. The third-order valence-corrected chi connectivity index (χ3v) is 4.64. The van der Waals surface area contributed by atoms with Crippen molar-refractivity contribution in [3.63, 3.8) is 0 Å². The van der Waals surface area contributed by atoms with Gasteiger partial charge in [-0.05, 0) is 37.9 Å². The highest BCUT2D eigenvalue weighted by Gasteiger charge is 2.20. The molecule has 0 amide bonds. The third-order valence-electron chi connectivity index (χ3n) is 4.64. The molecule has 136 valence electrons. The van der Waals surface area contributed by atoms with Crippen LogP contribution in [0.5, 0.6) is 0 Å². The predicted molar refractivity (Wildman–Crippen MR) is 95.5 cm³/mol. The fourth-order valence-corrected chi connectivity index (χ4v) is 3.34. The van der Waals surface area contributed by atoms with E-state index in [1.54, 1.807) is 6.07 Å². The van der Waals surface area contributed by atoms with Gasteiger partial charge in [0.05, 0.1) is 0 Å². The number of piperidine rings is 1. The maximum atomic E-state index is 13.4. The molecule has 1 aromatic heterocycles. The fraction of sp³-hybridized carbons (Fsp3) is 0.526. The van der Waals surface area contributed by atoms with Crippen molar-refractivity contribution < 1.29 is 8.78 Å². The number of benzene rings is 1. The lowest BCUT2D eigenvalue weighted by Crippen LogP contribution is -2.41. The molecule has 1 unspecified atom stereocenters. The Morgan fingerprint density at radius 3 is 3.00 bits per heavy atom. The van der Waals surface area contributed by atoms with Gasteiger partial charge in [0, 0.05) is 49.2 Å². The van der Waals surface area contributed by atoms with E-state index in [-0.39, 0.29) is 6.04 Å². The van der Waals surface area contributed by atoms with Crippen LogP contribution in [0.3, 0.4) is 0 Å². The molecule has 1 saturated heterocycles. The molecule has 0 bridgehead atoms. The molecule has 0 aliphatic carbocycles. The zero-order chi connectivity index (χ0) is 17.6. The molecule has 2 N–H and O–H groups in total. The van der Waals surface area contributed by atoms with Crippen LogP contribution >= 0.6 is 0 Å². The SMILES string of the molecule is CCCCc1ncc(CN2CCCC(Nc3ccc(F)c(F)c3)C2)[nH]1. The largest absolute Gasteiger partial charge is 0.381 e. The summed E-state index contributed by atoms with van der Waals surface area (Å²) in [6.07, 6.45) is 7.35. The molecular weight excluding hydrogens is 322 g/mol. The number of hydrogen-bond acceptors (Lipinski definition) is 3. The Morgan fingerprint density at radius 2 is 2.20 bits per heavy atom. The normalized spacial score (nSPS) is 18.4. The second-order valence-corrected chi connectivity index (χ2v) is 6.81. The van der Waals surface area contributed by atoms with Crippen LogP contribution in [0.4, 0.5) is 14.5 Å². The smallest absolute Gasteiger partial charge is 0.160 e. The quantitative estimate of drug-likeness (QED) is 0.791. The highest BCUT2D eigenvalue weighted by molar-refractivity contribution is 5.44. The first-order chi connectivity index (χ1) is 12.1. The van der Waals surface area contributed by atoms with Gasteiger partial charge in [-0.25, -0.2) is 13.8 Å². The molecule has 0 saturated carbocycles. The predicted octanol–water partition coefficient (Wildman–Crippen LogP) is 4.11. The number of rotatable bonds is 7. The topological polar surface area (TPSA) is 44.0 Å². The van der Waals surface area contributed by atoms with E-state index in [0.29, 0.717) is 5.69 Å². The van der Waals surface area contributed by atoms with Crippen LogP contribution in [0.25, 0.3) is 0 Å². The Hall–Kier alpha value is -1.95. The number of nitrogens with zero attached hydrogens (tertiary/aromatic N) is 2. The number of halogens is 2. The molecule has 0 spiro atoms. The van der Waals surface area contributed by atoms with E-state index in [1.165, 1.54) is 18.6 Å². The van der Waals surface area contributed by atoms with Crippen LogP contribution in [0, 0.1) is 11.6 Å². The minimum absolute atomic E-state index is 0.237. The van der Waals surface area contributed by atoms with E-state index in [0.717, 1.165) is 56.8 Å². The second-order valence-electron chi connectivity index (χ2n) is 6.81. The van der Waals surface area contributed by atoms with Gasteiger partial charge in [0.1, 0.15) is 5.82 Å². The molecule has 0 radical (unpaired) electrons. The first kappa shape index (κ1) is 17.9. The Morgan fingerprint density at radius 1 is 1.32 bits per heavy atom. The molecule has 1 aliphatic heterocycles. The molecular formula is C19H26F2N4. The molecule has 3 rings (SSSR count). The minimum Gasteiger partial charge on any atom is -0.381 e. The van der Waals surface area contributed by atoms with Crippen LogP contribution in [0.1, 0.15) is 44.1 Å². The van der Waals surface area contributed by atoms with Crippen molar-refractivity contribution in [2.24, 2.45) is 0 Å². The monoisotopic (exact) mass is 348 g/mol. The number of aromatic nitrogens is 2. The number of hydrogen-bond donors (Lipinski definition) is 2. The van der Waals surface area contributed by atoms with Crippen molar-refractivity contribution in [2.75, 3.05) is 18.4 Å². The van der Waals surface area contributed by atoms with Gasteiger partial charge in [-0.2, -0.15) is 0 Å². The summed E-state index contributed by atoms with van der Waals surface area (Å²) in [5.41, 5.74) is 1.77. The van der Waals surface area contributed by atoms with Gasteiger partial charge >= 0.3 is 0 Å². The fourth-order valence-electron chi connectivity index (χ4n) is 3.34. The molecule has 2 heterocycles. The summed E-state index contributed by atoms with van der Waals surface area (Å²) in [4.78, 5) is 10.2. The zero-order valence-electron chi connectivity index (χ0n) is 14.7. The summed E-state index contributed by atoms with van der Waals surface area (Å²) in [5, 5.41) is 3.32. The molecule has 2 aromatic rings. The summed E-state index contributed by atoms with van der Waals surface area (Å²) in [6, 6.07) is 4.22. The Labute approximate surface area is 147 Å². The molecule has 6 heteroatoms. The summed E-state index contributed by atoms with van der Waals surface area (Å²) < 4.78 is 26.4. The Balaban J connectivity index is 1.53. The van der Waals surface area contributed by atoms with Crippen molar-refractivity contribution in [1.82, 2.24) is 14.9 Å². The minimum atomic E-state index is -0.811. The van der Waals surface area contributed by atoms with Gasteiger partial charge < -0.3 is 10.3 Å². The van der Waals surface area contributed by atoms with Gasteiger partial charge in [0.25, 0.3) is 0 Å². The highest BCUT2D eigenvalue weighted by Crippen LogP contribution is 2.19. The molecule has 25 heavy (non-hydrogen) atoms. The lowest BCUT2D eigenvalue weighted by atomic mass is 10.1. The summed E-state index contributed by atoms with van der Waals surface area (Å²) >= 11 is 0. The van der Waals surface area contributed by atoms with Crippen molar-refractivity contribution in [1.29, 1.82) is 0 Å². The van der Waals surface area contributed by atoms with E-state index in [1.807, 2.05) is 6.20 Å². The number of unbranched alkanes of at least 4 members (excludes halogenated alkanes) is 1. The maximum Gasteiger partial charge on any atom is 0.160 e. The lowest BCUT2D eigenvalue weighted by Gasteiger charge is -2.33. The summed E-state index contributed by atoms with van der Waals surface area (Å²) in [5.74, 6) is -0.561. The number of likely N-dealkylation sites (tertiary alicyclic amines) is 1. The second kappa shape index (κ2) is 8.43. The van der Waals surface area contributed by atoms with Crippen LogP contribution in [-0.4, -0.2) is 34.0 Å². The van der Waals surface area contributed by atoms with Crippen LogP contribution in [0.15, 0.2) is 24.4 Å². The van der Waals surface area contributed by atoms with Crippen molar-refractivity contribution in [3.05, 3.63) is 47.5 Å². The van der Waals surface area contributed by atoms with E-state index < -0.39 is 11.6 Å². The first-order valence-electron chi connectivity index (χ1n) is 9.10. The third kappa shape index (κ3) is 5.01. The molecule has 1 atom stereocenters. The van der Waals surface area contributed by atoms with Gasteiger partial charge in [-0.3, -0.25) is 4.90 Å². The molecule has 1 aliphatic rings. The van der Waals surface area contributed by atoms with Gasteiger partial charge in [-0.15, -0.1) is 0 Å². The van der Waals surface area contributed by atoms with Gasteiger partial charge in [0.15, 0.2) is 11.6 Å². The summed E-state index contributed by atoms with van der Waals surface area (Å²) in [6.45, 7) is 4.94. The van der Waals surface area contributed by atoms with Crippen molar-refractivity contribution >= 4 is 5.69 Å². The highest BCUT2D eigenvalue weighted by atomic mass is 19.2. The van der Waals surface area contributed by atoms with E-state index in [4.69, 9.17) is 0 Å². The van der Waals surface area contributed by atoms with E-state index in [2.05, 4.69) is 27.1 Å². The molecule has 4 nitrogen and oxygen atoms in total. The number of aromatic amines is 1. The standard InChI is InChI=1S/C19H26F2N4/c1-2-3-6-19-22-11-16(24-19)13-25-9-4-5-15(12-25)23-14-7-8-17(20)18(21)10-14/h7-8,10-11,15,23H,2-6,9,12-13H2,1H3,(H,22,24). The van der Waals surface area contributed by atoms with Gasteiger partial charge in [0.2, 0.25) is 0 Å².